The predicted octanol–water partition coefficient (Wildman–Crippen LogP) is 3.47. The first kappa shape index (κ1) is 15.5. The van der Waals surface area contributed by atoms with E-state index in [1.54, 1.807) is 30.3 Å². The molecule has 0 atom stereocenters. The molecule has 0 aliphatic heterocycles. The van der Waals surface area contributed by atoms with E-state index in [-0.39, 0.29) is 16.9 Å². The zero-order chi connectivity index (χ0) is 15.5. The quantitative estimate of drug-likeness (QED) is 0.865. The molecule has 21 heavy (non-hydrogen) atoms. The number of nitrogens with zero attached hydrogens (tertiary/aromatic N) is 1. The minimum Gasteiger partial charge on any atom is -0.228 e. The van der Waals surface area contributed by atoms with E-state index >= 15 is 0 Å². The van der Waals surface area contributed by atoms with E-state index in [0.717, 1.165) is 0 Å². The van der Waals surface area contributed by atoms with Gasteiger partial charge in [-0.25, -0.2) is 12.8 Å². The molecule has 0 saturated carbocycles. The molecule has 2 aromatic carbocycles. The van der Waals surface area contributed by atoms with Crippen LogP contribution in [0, 0.1) is 17.1 Å². The standard InChI is InChI=1S/C15H11ClFNO2S/c16-14-7-2-1-4-12(14)9-21(19,20)10-13-6-3-5-11(8-18)15(13)17/h1-7H,9-10H2. The van der Waals surface area contributed by atoms with Gasteiger partial charge in [0.1, 0.15) is 11.9 Å². The van der Waals surface area contributed by atoms with Crippen molar-refractivity contribution in [3.63, 3.8) is 0 Å². The van der Waals surface area contributed by atoms with E-state index in [0.29, 0.717) is 10.6 Å². The molecule has 0 fully saturated rings. The summed E-state index contributed by atoms with van der Waals surface area (Å²) in [5, 5.41) is 9.11. The summed E-state index contributed by atoms with van der Waals surface area (Å²) in [6.07, 6.45) is 0. The van der Waals surface area contributed by atoms with Gasteiger partial charge in [-0.15, -0.1) is 0 Å². The molecule has 0 aromatic heterocycles. The highest BCUT2D eigenvalue weighted by molar-refractivity contribution is 7.89. The van der Waals surface area contributed by atoms with Crippen LogP contribution in [-0.2, 0) is 21.3 Å². The molecule has 0 amide bonds. The molecule has 0 bridgehead atoms. The summed E-state index contributed by atoms with van der Waals surface area (Å²) in [6.45, 7) is 0. The summed E-state index contributed by atoms with van der Waals surface area (Å²) >= 11 is 5.93. The second-order valence-corrected chi connectivity index (χ2v) is 6.99. The zero-order valence-electron chi connectivity index (χ0n) is 10.9. The highest BCUT2D eigenvalue weighted by Gasteiger charge is 2.18. The van der Waals surface area contributed by atoms with Gasteiger partial charge in [-0.2, -0.15) is 5.26 Å². The van der Waals surface area contributed by atoms with Crippen molar-refractivity contribution in [3.05, 3.63) is 70.0 Å². The second kappa shape index (κ2) is 6.25. The largest absolute Gasteiger partial charge is 0.228 e. The zero-order valence-corrected chi connectivity index (χ0v) is 12.5. The summed E-state index contributed by atoms with van der Waals surface area (Å²) in [5.41, 5.74) is 0.289. The van der Waals surface area contributed by atoms with Gasteiger partial charge in [0.25, 0.3) is 0 Å². The molecular formula is C15H11ClFNO2S. The van der Waals surface area contributed by atoms with Crippen LogP contribution >= 0.6 is 11.6 Å². The van der Waals surface area contributed by atoms with E-state index in [4.69, 9.17) is 16.9 Å². The molecule has 0 saturated heterocycles. The fraction of sp³-hybridized carbons (Fsp3) is 0.133. The minimum atomic E-state index is -3.59. The lowest BCUT2D eigenvalue weighted by Crippen LogP contribution is -2.09. The Labute approximate surface area is 127 Å². The Kier molecular flexibility index (Phi) is 4.61. The summed E-state index contributed by atoms with van der Waals surface area (Å²) in [6, 6.07) is 12.4. The van der Waals surface area contributed by atoms with Gasteiger partial charge in [-0.1, -0.05) is 41.9 Å². The van der Waals surface area contributed by atoms with Gasteiger partial charge in [0.05, 0.1) is 17.1 Å². The van der Waals surface area contributed by atoms with Crippen molar-refractivity contribution in [1.82, 2.24) is 0 Å². The molecule has 0 heterocycles. The maximum atomic E-state index is 13.9. The molecular weight excluding hydrogens is 313 g/mol. The number of rotatable bonds is 4. The molecule has 0 aliphatic carbocycles. The summed E-state index contributed by atoms with van der Waals surface area (Å²) in [7, 11) is -3.59. The minimum absolute atomic E-state index is 0.0129. The number of sulfone groups is 1. The molecule has 2 aromatic rings. The van der Waals surface area contributed by atoms with Crippen molar-refractivity contribution >= 4 is 21.4 Å². The van der Waals surface area contributed by atoms with Crippen LogP contribution in [0.4, 0.5) is 4.39 Å². The lowest BCUT2D eigenvalue weighted by molar-refractivity contribution is 0.585. The van der Waals surface area contributed by atoms with Crippen LogP contribution in [0.25, 0.3) is 0 Å². The summed E-state index contributed by atoms with van der Waals surface area (Å²) < 4.78 is 38.2. The second-order valence-electron chi connectivity index (χ2n) is 4.51. The third kappa shape index (κ3) is 3.81. The van der Waals surface area contributed by atoms with Crippen LogP contribution in [0.15, 0.2) is 42.5 Å². The molecule has 6 heteroatoms. The van der Waals surface area contributed by atoms with Crippen molar-refractivity contribution in [1.29, 1.82) is 5.26 Å². The van der Waals surface area contributed by atoms with Crippen molar-refractivity contribution < 1.29 is 12.8 Å². The first-order valence-corrected chi connectivity index (χ1v) is 8.24. The third-order valence-corrected chi connectivity index (χ3v) is 4.78. The first-order chi connectivity index (χ1) is 9.93. The van der Waals surface area contributed by atoms with Crippen LogP contribution in [0.2, 0.25) is 5.02 Å². The maximum Gasteiger partial charge on any atom is 0.158 e. The molecule has 108 valence electrons. The van der Waals surface area contributed by atoms with E-state index in [1.165, 1.54) is 18.2 Å². The average Bonchev–Trinajstić information content (AvgIpc) is 2.43. The highest BCUT2D eigenvalue weighted by Crippen LogP contribution is 2.21. The monoisotopic (exact) mass is 323 g/mol. The van der Waals surface area contributed by atoms with Crippen LogP contribution < -0.4 is 0 Å². The van der Waals surface area contributed by atoms with E-state index in [9.17, 15) is 12.8 Å². The third-order valence-electron chi connectivity index (χ3n) is 2.91. The van der Waals surface area contributed by atoms with Crippen molar-refractivity contribution in [3.8, 4) is 6.07 Å². The van der Waals surface area contributed by atoms with E-state index in [1.807, 2.05) is 0 Å². The molecule has 0 N–H and O–H groups in total. The molecule has 0 spiro atoms. The molecule has 3 nitrogen and oxygen atoms in total. The van der Waals surface area contributed by atoms with E-state index in [2.05, 4.69) is 0 Å². The number of hydrogen-bond acceptors (Lipinski definition) is 3. The number of hydrogen-bond donors (Lipinski definition) is 0. The molecule has 0 aliphatic rings. The normalized spacial score (nSPS) is 11.1. The number of nitriles is 1. The summed E-state index contributed by atoms with van der Waals surface area (Å²) in [4.78, 5) is 0. The predicted molar refractivity (Wildman–Crippen MR) is 78.9 cm³/mol. The number of benzene rings is 2. The highest BCUT2D eigenvalue weighted by atomic mass is 35.5. The van der Waals surface area contributed by atoms with Crippen LogP contribution in [0.3, 0.4) is 0 Å². The van der Waals surface area contributed by atoms with Gasteiger partial charge in [-0.3, -0.25) is 0 Å². The Hall–Kier alpha value is -1.90. The van der Waals surface area contributed by atoms with Crippen molar-refractivity contribution in [2.45, 2.75) is 11.5 Å². The Morgan fingerprint density at radius 2 is 1.67 bits per heavy atom. The molecule has 2 rings (SSSR count). The summed E-state index contributed by atoms with van der Waals surface area (Å²) in [5.74, 6) is -1.54. The van der Waals surface area contributed by atoms with Gasteiger partial charge in [0.15, 0.2) is 9.84 Å². The first-order valence-electron chi connectivity index (χ1n) is 6.04. The molecule has 0 unspecified atom stereocenters. The van der Waals surface area contributed by atoms with Crippen molar-refractivity contribution in [2.24, 2.45) is 0 Å². The van der Waals surface area contributed by atoms with Gasteiger partial charge >= 0.3 is 0 Å². The lowest BCUT2D eigenvalue weighted by atomic mass is 10.1. The van der Waals surface area contributed by atoms with Gasteiger partial charge in [0.2, 0.25) is 0 Å². The Morgan fingerprint density at radius 3 is 2.33 bits per heavy atom. The number of halogens is 2. The molecule has 0 radical (unpaired) electrons. The van der Waals surface area contributed by atoms with Crippen LogP contribution in [0.1, 0.15) is 16.7 Å². The van der Waals surface area contributed by atoms with Crippen molar-refractivity contribution in [2.75, 3.05) is 0 Å². The Balaban J connectivity index is 2.27. The van der Waals surface area contributed by atoms with E-state index < -0.39 is 21.4 Å². The van der Waals surface area contributed by atoms with Crippen LogP contribution in [0.5, 0.6) is 0 Å². The topological polar surface area (TPSA) is 57.9 Å². The van der Waals surface area contributed by atoms with Gasteiger partial charge in [-0.05, 0) is 17.7 Å². The maximum absolute atomic E-state index is 13.9. The van der Waals surface area contributed by atoms with Gasteiger partial charge < -0.3 is 0 Å². The SMILES string of the molecule is N#Cc1cccc(CS(=O)(=O)Cc2ccccc2Cl)c1F. The lowest BCUT2D eigenvalue weighted by Gasteiger charge is -2.08. The fourth-order valence-electron chi connectivity index (χ4n) is 1.92. The van der Waals surface area contributed by atoms with Gasteiger partial charge in [0, 0.05) is 10.6 Å². The Bertz CT molecular complexity index is 813. The Morgan fingerprint density at radius 1 is 1.05 bits per heavy atom. The fourth-order valence-corrected chi connectivity index (χ4v) is 3.72. The average molecular weight is 324 g/mol. The smallest absolute Gasteiger partial charge is 0.158 e. The van der Waals surface area contributed by atoms with Crippen LogP contribution in [-0.4, -0.2) is 8.42 Å².